The molecule has 1 heterocycles. The maximum Gasteiger partial charge on any atom is 0.307 e. The molecule has 20 heavy (non-hydrogen) atoms. The minimum atomic E-state index is -0.853. The average Bonchev–Trinajstić information content (AvgIpc) is 2.83. The van der Waals surface area contributed by atoms with Gasteiger partial charge in [-0.25, -0.2) is 0 Å². The summed E-state index contributed by atoms with van der Waals surface area (Å²) in [7, 11) is 3.54. The van der Waals surface area contributed by atoms with Gasteiger partial charge in [-0.05, 0) is 18.9 Å². The third-order valence-corrected chi connectivity index (χ3v) is 3.94. The summed E-state index contributed by atoms with van der Waals surface area (Å²) in [5.74, 6) is -1.87. The van der Waals surface area contributed by atoms with Crippen molar-refractivity contribution in [1.29, 1.82) is 0 Å². The van der Waals surface area contributed by atoms with Crippen molar-refractivity contribution in [3.8, 4) is 0 Å². The molecule has 0 aliphatic heterocycles. The number of amides is 1. The highest BCUT2D eigenvalue weighted by Crippen LogP contribution is 2.31. The van der Waals surface area contributed by atoms with Crippen molar-refractivity contribution in [1.82, 2.24) is 14.7 Å². The van der Waals surface area contributed by atoms with E-state index in [0.29, 0.717) is 19.4 Å². The molecule has 0 radical (unpaired) electrons. The van der Waals surface area contributed by atoms with E-state index in [1.54, 1.807) is 16.6 Å². The number of aryl methyl sites for hydroxylation is 1. The van der Waals surface area contributed by atoms with E-state index in [2.05, 4.69) is 5.10 Å². The lowest BCUT2D eigenvalue weighted by atomic mass is 9.78. The molecule has 1 aromatic heterocycles. The van der Waals surface area contributed by atoms with Gasteiger partial charge in [0.2, 0.25) is 5.91 Å². The Kier molecular flexibility index (Phi) is 4.42. The third kappa shape index (κ3) is 3.18. The molecule has 2 rings (SSSR count). The quantitative estimate of drug-likeness (QED) is 0.900. The third-order valence-electron chi connectivity index (χ3n) is 3.94. The van der Waals surface area contributed by atoms with Crippen LogP contribution in [-0.4, -0.2) is 38.7 Å². The summed E-state index contributed by atoms with van der Waals surface area (Å²) in [6.07, 6.45) is 4.92. The summed E-state index contributed by atoms with van der Waals surface area (Å²) in [6.45, 7) is 0.419. The smallest absolute Gasteiger partial charge is 0.307 e. The van der Waals surface area contributed by atoms with Gasteiger partial charge in [0.1, 0.15) is 0 Å². The molecule has 1 aliphatic carbocycles. The lowest BCUT2D eigenvalue weighted by Gasteiger charge is -2.30. The van der Waals surface area contributed by atoms with E-state index in [9.17, 15) is 14.7 Å². The normalized spacial score (nSPS) is 22.5. The summed E-state index contributed by atoms with van der Waals surface area (Å²) in [4.78, 5) is 25.3. The topological polar surface area (TPSA) is 75.4 Å². The van der Waals surface area contributed by atoms with E-state index in [4.69, 9.17) is 0 Å². The van der Waals surface area contributed by atoms with Crippen LogP contribution < -0.4 is 0 Å². The predicted molar refractivity (Wildman–Crippen MR) is 72.8 cm³/mol. The van der Waals surface area contributed by atoms with Crippen LogP contribution in [0.25, 0.3) is 0 Å². The summed E-state index contributed by atoms with van der Waals surface area (Å²) in [5.41, 5.74) is 0.811. The Bertz CT molecular complexity index is 498. The highest BCUT2D eigenvalue weighted by atomic mass is 16.4. The lowest BCUT2D eigenvalue weighted by molar-refractivity contribution is -0.152. The largest absolute Gasteiger partial charge is 0.481 e. The van der Waals surface area contributed by atoms with Crippen LogP contribution in [0.2, 0.25) is 0 Å². The van der Waals surface area contributed by atoms with E-state index in [1.165, 1.54) is 0 Å². The highest BCUT2D eigenvalue weighted by Gasteiger charge is 2.37. The van der Waals surface area contributed by atoms with Crippen LogP contribution in [-0.2, 0) is 23.2 Å². The summed E-state index contributed by atoms with van der Waals surface area (Å²) in [5, 5.41) is 13.5. The van der Waals surface area contributed by atoms with Crippen LogP contribution in [0.1, 0.15) is 31.4 Å². The Morgan fingerprint density at radius 3 is 2.60 bits per heavy atom. The number of hydrogen-bond acceptors (Lipinski definition) is 3. The fourth-order valence-electron chi connectivity index (χ4n) is 2.87. The van der Waals surface area contributed by atoms with Gasteiger partial charge < -0.3 is 10.0 Å². The lowest BCUT2D eigenvalue weighted by Crippen LogP contribution is -2.40. The van der Waals surface area contributed by atoms with Gasteiger partial charge in [0.15, 0.2) is 0 Å². The molecule has 1 N–H and O–H groups in total. The van der Waals surface area contributed by atoms with Crippen LogP contribution in [0.3, 0.4) is 0 Å². The molecule has 1 saturated carbocycles. The molecule has 2 atom stereocenters. The van der Waals surface area contributed by atoms with Gasteiger partial charge in [0, 0.05) is 20.3 Å². The molecule has 110 valence electrons. The van der Waals surface area contributed by atoms with Crippen molar-refractivity contribution in [3.05, 3.63) is 18.0 Å². The molecular weight excluding hydrogens is 258 g/mol. The fourth-order valence-corrected chi connectivity index (χ4v) is 2.87. The van der Waals surface area contributed by atoms with Crippen molar-refractivity contribution in [2.75, 3.05) is 7.05 Å². The second-order valence-electron chi connectivity index (χ2n) is 5.51. The number of carbonyl (C=O) groups excluding carboxylic acids is 1. The average molecular weight is 279 g/mol. The molecule has 0 saturated heterocycles. The SMILES string of the molecule is CN(Cc1ccn(C)n1)C(=O)[C@@H]1CCCC[C@@H]1C(=O)O. The minimum absolute atomic E-state index is 0.0808. The van der Waals surface area contributed by atoms with Crippen molar-refractivity contribution in [2.24, 2.45) is 18.9 Å². The molecule has 6 nitrogen and oxygen atoms in total. The van der Waals surface area contributed by atoms with Crippen molar-refractivity contribution in [3.63, 3.8) is 0 Å². The summed E-state index contributed by atoms with van der Waals surface area (Å²) < 4.78 is 1.69. The van der Waals surface area contributed by atoms with Gasteiger partial charge in [-0.1, -0.05) is 12.8 Å². The number of aliphatic carboxylic acids is 1. The molecule has 1 aromatic rings. The molecule has 0 aromatic carbocycles. The van der Waals surface area contributed by atoms with Crippen LogP contribution in [0.5, 0.6) is 0 Å². The highest BCUT2D eigenvalue weighted by molar-refractivity contribution is 5.84. The molecule has 0 unspecified atom stereocenters. The zero-order valence-electron chi connectivity index (χ0n) is 12.0. The van der Waals surface area contributed by atoms with Crippen LogP contribution in [0.15, 0.2) is 12.3 Å². The molecule has 0 bridgehead atoms. The van der Waals surface area contributed by atoms with Crippen LogP contribution >= 0.6 is 0 Å². The van der Waals surface area contributed by atoms with Crippen LogP contribution in [0.4, 0.5) is 0 Å². The Morgan fingerprint density at radius 1 is 1.40 bits per heavy atom. The van der Waals surface area contributed by atoms with Crippen molar-refractivity contribution in [2.45, 2.75) is 32.2 Å². The van der Waals surface area contributed by atoms with E-state index < -0.39 is 17.8 Å². The first kappa shape index (κ1) is 14.6. The number of rotatable bonds is 4. The number of aromatic nitrogens is 2. The van der Waals surface area contributed by atoms with E-state index >= 15 is 0 Å². The van der Waals surface area contributed by atoms with E-state index in [-0.39, 0.29) is 5.91 Å². The monoisotopic (exact) mass is 279 g/mol. The number of carboxylic acids is 1. The Morgan fingerprint density at radius 2 is 2.05 bits per heavy atom. The minimum Gasteiger partial charge on any atom is -0.481 e. The summed E-state index contributed by atoms with van der Waals surface area (Å²) >= 11 is 0. The molecule has 0 spiro atoms. The Labute approximate surface area is 118 Å². The standard InChI is InChI=1S/C14H21N3O3/c1-16(9-10-7-8-17(2)15-10)13(18)11-5-3-4-6-12(11)14(19)20/h7-8,11-12H,3-6,9H2,1-2H3,(H,19,20)/t11-,12+/m1/s1. The zero-order valence-corrected chi connectivity index (χ0v) is 12.0. The Hall–Kier alpha value is -1.85. The predicted octanol–water partition coefficient (Wildman–Crippen LogP) is 1.27. The van der Waals surface area contributed by atoms with Gasteiger partial charge in [-0.15, -0.1) is 0 Å². The van der Waals surface area contributed by atoms with Gasteiger partial charge in [0.25, 0.3) is 0 Å². The van der Waals surface area contributed by atoms with Gasteiger partial charge in [-0.3, -0.25) is 14.3 Å². The molecule has 1 aliphatic rings. The first-order chi connectivity index (χ1) is 9.49. The van der Waals surface area contributed by atoms with Gasteiger partial charge in [-0.2, -0.15) is 5.10 Å². The number of nitrogens with zero attached hydrogens (tertiary/aromatic N) is 3. The van der Waals surface area contributed by atoms with E-state index in [1.807, 2.05) is 19.3 Å². The first-order valence-corrected chi connectivity index (χ1v) is 6.95. The van der Waals surface area contributed by atoms with E-state index in [0.717, 1.165) is 18.5 Å². The maximum absolute atomic E-state index is 12.5. The van der Waals surface area contributed by atoms with Crippen molar-refractivity contribution < 1.29 is 14.7 Å². The van der Waals surface area contributed by atoms with Crippen LogP contribution in [0, 0.1) is 11.8 Å². The molecule has 1 amide bonds. The number of carbonyl (C=O) groups is 2. The molecular formula is C14H21N3O3. The van der Waals surface area contributed by atoms with Gasteiger partial charge >= 0.3 is 5.97 Å². The zero-order chi connectivity index (χ0) is 14.7. The van der Waals surface area contributed by atoms with Crippen molar-refractivity contribution >= 4 is 11.9 Å². The fraction of sp³-hybridized carbons (Fsp3) is 0.643. The Balaban J connectivity index is 2.02. The number of hydrogen-bond donors (Lipinski definition) is 1. The second-order valence-corrected chi connectivity index (χ2v) is 5.51. The first-order valence-electron chi connectivity index (χ1n) is 6.95. The van der Waals surface area contributed by atoms with Gasteiger partial charge in [0.05, 0.1) is 24.1 Å². The second kappa shape index (κ2) is 6.07. The molecule has 6 heteroatoms. The number of carboxylic acid groups (broad SMARTS) is 1. The maximum atomic E-state index is 12.5. The molecule has 1 fully saturated rings. The summed E-state index contributed by atoms with van der Waals surface area (Å²) in [6, 6.07) is 1.86.